The van der Waals surface area contributed by atoms with Crippen LogP contribution in [0.25, 0.3) is 22.2 Å². The molecule has 0 saturated heterocycles. The predicted octanol–water partition coefficient (Wildman–Crippen LogP) is 4.96. The molecule has 7 heteroatoms. The number of aromatic amines is 1. The van der Waals surface area contributed by atoms with Crippen molar-refractivity contribution in [2.45, 2.75) is 19.0 Å². The number of hydrogen-bond donors (Lipinski definition) is 1. The van der Waals surface area contributed by atoms with E-state index in [0.717, 1.165) is 33.3 Å². The number of rotatable bonds is 6. The van der Waals surface area contributed by atoms with Crippen molar-refractivity contribution >= 4 is 22.8 Å². The number of methoxy groups -OCH3 is 3. The van der Waals surface area contributed by atoms with Crippen LogP contribution in [0.3, 0.4) is 0 Å². The molecule has 2 unspecified atom stereocenters. The Kier molecular flexibility index (Phi) is 5.68. The molecule has 7 nitrogen and oxygen atoms in total. The zero-order valence-corrected chi connectivity index (χ0v) is 20.0. The van der Waals surface area contributed by atoms with Crippen molar-refractivity contribution in [2.24, 2.45) is 0 Å². The van der Waals surface area contributed by atoms with E-state index in [2.05, 4.69) is 4.98 Å². The number of esters is 1. The highest BCUT2D eigenvalue weighted by atomic mass is 16.5. The van der Waals surface area contributed by atoms with Gasteiger partial charge in [-0.05, 0) is 42.8 Å². The van der Waals surface area contributed by atoms with Crippen LogP contribution in [0, 0.1) is 0 Å². The van der Waals surface area contributed by atoms with Gasteiger partial charge in [-0.1, -0.05) is 36.4 Å². The number of aromatic nitrogens is 1. The lowest BCUT2D eigenvalue weighted by Gasteiger charge is -2.30. The van der Waals surface area contributed by atoms with Crippen LogP contribution in [0.5, 0.6) is 11.5 Å². The van der Waals surface area contributed by atoms with E-state index in [1.165, 1.54) is 7.11 Å². The average Bonchev–Trinajstić information content (AvgIpc) is 3.42. The maximum absolute atomic E-state index is 13.6. The summed E-state index contributed by atoms with van der Waals surface area (Å²) in [5.74, 6) is 0.644. The predicted molar refractivity (Wildman–Crippen MR) is 133 cm³/mol. The molecule has 1 aromatic heterocycles. The fraction of sp³-hybridized carbons (Fsp3) is 0.214. The summed E-state index contributed by atoms with van der Waals surface area (Å²) < 4.78 is 16.2. The Morgan fingerprint density at radius 1 is 0.943 bits per heavy atom. The molecule has 1 N–H and O–H groups in total. The van der Waals surface area contributed by atoms with Crippen LogP contribution in [-0.2, 0) is 9.53 Å². The standard InChI is InChI=1S/C28H26N2O5/c1-16(28(32)35-4)30-26(18-9-5-6-10-19(18)27(30)31)24-20-11-7-8-12-22(20)29-25(24)21-15-17(33-2)13-14-23(21)34-3/h5-16,26,29H,1-4H3. The van der Waals surface area contributed by atoms with Crippen LogP contribution in [0.4, 0.5) is 0 Å². The lowest BCUT2D eigenvalue weighted by atomic mass is 9.92. The molecule has 1 aliphatic heterocycles. The van der Waals surface area contributed by atoms with Crippen LogP contribution >= 0.6 is 0 Å². The van der Waals surface area contributed by atoms with Crippen LogP contribution < -0.4 is 9.47 Å². The Morgan fingerprint density at radius 3 is 2.43 bits per heavy atom. The monoisotopic (exact) mass is 470 g/mol. The molecular formula is C28H26N2O5. The highest BCUT2D eigenvalue weighted by Crippen LogP contribution is 2.48. The molecule has 3 aromatic carbocycles. The van der Waals surface area contributed by atoms with E-state index in [4.69, 9.17) is 14.2 Å². The smallest absolute Gasteiger partial charge is 0.328 e. The lowest BCUT2D eigenvalue weighted by Crippen LogP contribution is -2.42. The lowest BCUT2D eigenvalue weighted by molar-refractivity contribution is -0.145. The number of amides is 1. The second-order valence-electron chi connectivity index (χ2n) is 8.43. The quantitative estimate of drug-likeness (QED) is 0.403. The van der Waals surface area contributed by atoms with Crippen LogP contribution in [-0.4, -0.2) is 49.1 Å². The van der Waals surface area contributed by atoms with Gasteiger partial charge in [0.15, 0.2) is 0 Å². The summed E-state index contributed by atoms with van der Waals surface area (Å²) in [5.41, 5.74) is 4.77. The van der Waals surface area contributed by atoms with Gasteiger partial charge in [0.05, 0.1) is 33.1 Å². The molecule has 4 aromatic rings. The first-order valence-electron chi connectivity index (χ1n) is 11.3. The number of fused-ring (bicyclic) bond motifs is 2. The fourth-order valence-electron chi connectivity index (χ4n) is 4.98. The van der Waals surface area contributed by atoms with Crippen molar-refractivity contribution in [3.8, 4) is 22.8 Å². The third-order valence-corrected chi connectivity index (χ3v) is 6.65. The minimum absolute atomic E-state index is 0.211. The van der Waals surface area contributed by atoms with Gasteiger partial charge in [0.1, 0.15) is 17.5 Å². The molecule has 5 rings (SSSR count). The van der Waals surface area contributed by atoms with Gasteiger partial charge in [0.25, 0.3) is 5.91 Å². The van der Waals surface area contributed by atoms with Gasteiger partial charge in [-0.25, -0.2) is 4.79 Å². The summed E-state index contributed by atoms with van der Waals surface area (Å²) in [6.45, 7) is 1.70. The number of carbonyl (C=O) groups is 2. The molecule has 1 amide bonds. The Balaban J connectivity index is 1.84. The molecule has 0 saturated carbocycles. The van der Waals surface area contributed by atoms with Crippen molar-refractivity contribution in [1.29, 1.82) is 0 Å². The summed E-state index contributed by atoms with van der Waals surface area (Å²) in [5, 5.41) is 0.948. The first-order chi connectivity index (χ1) is 17.0. The number of ether oxygens (including phenoxy) is 3. The molecule has 0 aliphatic carbocycles. The number of nitrogens with zero attached hydrogens (tertiary/aromatic N) is 1. The normalized spacial score (nSPS) is 15.7. The molecular weight excluding hydrogens is 444 g/mol. The summed E-state index contributed by atoms with van der Waals surface area (Å²) in [4.78, 5) is 31.4. The van der Waals surface area contributed by atoms with E-state index < -0.39 is 18.1 Å². The molecule has 0 bridgehead atoms. The number of carbonyl (C=O) groups excluding carboxylic acids is 2. The number of H-pyrrole nitrogens is 1. The van der Waals surface area contributed by atoms with E-state index in [-0.39, 0.29) is 5.91 Å². The van der Waals surface area contributed by atoms with Gasteiger partial charge >= 0.3 is 5.97 Å². The zero-order valence-electron chi connectivity index (χ0n) is 20.0. The summed E-state index contributed by atoms with van der Waals surface area (Å²) in [6.07, 6.45) is 0. The topological polar surface area (TPSA) is 80.9 Å². The Bertz CT molecular complexity index is 1440. The van der Waals surface area contributed by atoms with E-state index in [9.17, 15) is 9.59 Å². The van der Waals surface area contributed by atoms with Crippen molar-refractivity contribution in [2.75, 3.05) is 21.3 Å². The first kappa shape index (κ1) is 22.5. The number of para-hydroxylation sites is 1. The summed E-state index contributed by atoms with van der Waals surface area (Å²) >= 11 is 0. The zero-order chi connectivity index (χ0) is 24.7. The molecule has 35 heavy (non-hydrogen) atoms. The molecule has 2 atom stereocenters. The van der Waals surface area contributed by atoms with E-state index in [1.54, 1.807) is 32.1 Å². The SMILES string of the molecule is COC(=O)C(C)N1C(=O)c2ccccc2C1c1c(-c2cc(OC)ccc2OC)[nH]c2ccccc12. The summed E-state index contributed by atoms with van der Waals surface area (Å²) in [7, 11) is 4.57. The maximum Gasteiger partial charge on any atom is 0.328 e. The highest BCUT2D eigenvalue weighted by Gasteiger charge is 2.44. The summed E-state index contributed by atoms with van der Waals surface area (Å²) in [6, 6.07) is 19.7. The van der Waals surface area contributed by atoms with E-state index in [1.807, 2.05) is 60.7 Å². The minimum Gasteiger partial charge on any atom is -0.497 e. The Morgan fingerprint density at radius 2 is 1.69 bits per heavy atom. The Labute approximate surface area is 203 Å². The molecule has 0 spiro atoms. The van der Waals surface area contributed by atoms with E-state index >= 15 is 0 Å². The second-order valence-corrected chi connectivity index (χ2v) is 8.43. The first-order valence-corrected chi connectivity index (χ1v) is 11.3. The van der Waals surface area contributed by atoms with Gasteiger partial charge in [-0.3, -0.25) is 4.79 Å². The van der Waals surface area contributed by atoms with Gasteiger partial charge in [-0.2, -0.15) is 0 Å². The van der Waals surface area contributed by atoms with Crippen molar-refractivity contribution in [3.05, 3.63) is 83.4 Å². The third-order valence-electron chi connectivity index (χ3n) is 6.65. The van der Waals surface area contributed by atoms with Gasteiger partial charge < -0.3 is 24.1 Å². The second kappa shape index (κ2) is 8.83. The van der Waals surface area contributed by atoms with Crippen LogP contribution in [0.2, 0.25) is 0 Å². The maximum atomic E-state index is 13.6. The van der Waals surface area contributed by atoms with Crippen molar-refractivity contribution in [1.82, 2.24) is 9.88 Å². The minimum atomic E-state index is -0.793. The molecule has 178 valence electrons. The number of hydrogen-bond acceptors (Lipinski definition) is 5. The van der Waals surface area contributed by atoms with Crippen LogP contribution in [0.15, 0.2) is 66.7 Å². The molecule has 0 fully saturated rings. The fourth-order valence-corrected chi connectivity index (χ4v) is 4.98. The number of nitrogens with one attached hydrogen (secondary N) is 1. The van der Waals surface area contributed by atoms with Crippen molar-refractivity contribution < 1.29 is 23.8 Å². The third kappa shape index (κ3) is 3.51. The van der Waals surface area contributed by atoms with Gasteiger partial charge in [0, 0.05) is 27.6 Å². The van der Waals surface area contributed by atoms with Crippen LogP contribution in [0.1, 0.15) is 34.5 Å². The van der Waals surface area contributed by atoms with Gasteiger partial charge in [0.2, 0.25) is 0 Å². The highest BCUT2D eigenvalue weighted by molar-refractivity contribution is 6.04. The van der Waals surface area contributed by atoms with Gasteiger partial charge in [-0.15, -0.1) is 0 Å². The number of benzene rings is 3. The molecule has 1 aliphatic rings. The van der Waals surface area contributed by atoms with Crippen molar-refractivity contribution in [3.63, 3.8) is 0 Å². The average molecular weight is 471 g/mol. The largest absolute Gasteiger partial charge is 0.497 e. The molecule has 2 heterocycles. The molecule has 0 radical (unpaired) electrons. The van der Waals surface area contributed by atoms with E-state index in [0.29, 0.717) is 17.1 Å². The Hall–Kier alpha value is -4.26.